The van der Waals surface area contributed by atoms with Gasteiger partial charge in [0.15, 0.2) is 0 Å². The molecule has 1 aliphatic carbocycles. The van der Waals surface area contributed by atoms with E-state index in [9.17, 15) is 4.79 Å². The summed E-state index contributed by atoms with van der Waals surface area (Å²) in [5.41, 5.74) is 1.84. The first-order chi connectivity index (χ1) is 5.08. The fraction of sp³-hybridized carbons (Fsp3) is 0.444. The van der Waals surface area contributed by atoms with Crippen LogP contribution in [-0.4, -0.2) is 11.0 Å². The Kier molecular flexibility index (Phi) is 2.23. The van der Waals surface area contributed by atoms with Crippen molar-refractivity contribution in [3.8, 4) is 0 Å². The first-order valence-corrected chi connectivity index (χ1v) is 4.08. The predicted molar refractivity (Wildman–Crippen MR) is 49.9 cm³/mol. The first-order valence-electron chi connectivity index (χ1n) is 3.63. The van der Waals surface area contributed by atoms with Crippen molar-refractivity contribution in [1.29, 1.82) is 0 Å². The minimum Gasteiger partial charge on any atom is -0.298 e. The monoisotopic (exact) mass is 168 g/mol. The third-order valence-electron chi connectivity index (χ3n) is 2.01. The number of rotatable bonds is 1. The summed E-state index contributed by atoms with van der Waals surface area (Å²) < 4.78 is -0.263. The minimum atomic E-state index is -0.263. The van der Waals surface area contributed by atoms with Crippen molar-refractivity contribution in [2.24, 2.45) is 0 Å². The van der Waals surface area contributed by atoms with E-state index in [2.05, 4.69) is 18.7 Å². The average molecular weight is 168 g/mol. The van der Waals surface area contributed by atoms with Gasteiger partial charge in [0.1, 0.15) is 6.29 Å². The standard InChI is InChI=1S/C9H12OS/c1-7-4-3-5-9(2,11)8(7)6-10/h3-4,6,11H,5H2,1-2H3. The Bertz CT molecular complexity index is 236. The van der Waals surface area contributed by atoms with Gasteiger partial charge in [-0.2, -0.15) is 12.6 Å². The summed E-state index contributed by atoms with van der Waals surface area (Å²) in [6, 6.07) is 0. The van der Waals surface area contributed by atoms with Crippen LogP contribution in [0.4, 0.5) is 0 Å². The van der Waals surface area contributed by atoms with Gasteiger partial charge in [-0.3, -0.25) is 4.79 Å². The lowest BCUT2D eigenvalue weighted by Gasteiger charge is -2.26. The molecule has 1 rings (SSSR count). The molecule has 0 aliphatic heterocycles. The van der Waals surface area contributed by atoms with E-state index < -0.39 is 0 Å². The van der Waals surface area contributed by atoms with Crippen LogP contribution in [0.3, 0.4) is 0 Å². The third kappa shape index (κ3) is 1.56. The normalized spacial score (nSPS) is 30.8. The number of aldehydes is 1. The summed E-state index contributed by atoms with van der Waals surface area (Å²) >= 11 is 4.41. The number of carbonyl (C=O) groups excluding carboxylic acids is 1. The summed E-state index contributed by atoms with van der Waals surface area (Å²) in [4.78, 5) is 10.6. The van der Waals surface area contributed by atoms with E-state index in [-0.39, 0.29) is 4.75 Å². The molecule has 60 valence electrons. The lowest BCUT2D eigenvalue weighted by molar-refractivity contribution is -0.105. The van der Waals surface area contributed by atoms with Gasteiger partial charge in [-0.25, -0.2) is 0 Å². The molecule has 0 aromatic rings. The zero-order valence-electron chi connectivity index (χ0n) is 6.79. The Morgan fingerprint density at radius 3 is 2.73 bits per heavy atom. The fourth-order valence-electron chi connectivity index (χ4n) is 1.31. The molecule has 0 amide bonds. The molecule has 0 fully saturated rings. The van der Waals surface area contributed by atoms with Crippen molar-refractivity contribution in [2.75, 3.05) is 0 Å². The van der Waals surface area contributed by atoms with Gasteiger partial charge in [0, 0.05) is 10.3 Å². The van der Waals surface area contributed by atoms with Crippen LogP contribution in [0.15, 0.2) is 23.3 Å². The van der Waals surface area contributed by atoms with E-state index in [4.69, 9.17) is 0 Å². The van der Waals surface area contributed by atoms with Crippen LogP contribution in [0.1, 0.15) is 20.3 Å². The summed E-state index contributed by atoms with van der Waals surface area (Å²) in [5, 5.41) is 0. The van der Waals surface area contributed by atoms with Crippen molar-refractivity contribution in [2.45, 2.75) is 25.0 Å². The molecule has 0 N–H and O–H groups in total. The molecule has 0 bridgehead atoms. The lowest BCUT2D eigenvalue weighted by atomic mass is 9.89. The van der Waals surface area contributed by atoms with Crippen LogP contribution in [0.5, 0.6) is 0 Å². The first kappa shape index (κ1) is 8.60. The summed E-state index contributed by atoms with van der Waals surface area (Å²) in [7, 11) is 0. The average Bonchev–Trinajstić information content (AvgIpc) is 1.86. The fourth-order valence-corrected chi connectivity index (χ4v) is 1.64. The lowest BCUT2D eigenvalue weighted by Crippen LogP contribution is -2.23. The second-order valence-corrected chi connectivity index (χ2v) is 4.08. The smallest absolute Gasteiger partial charge is 0.147 e. The predicted octanol–water partition coefficient (Wildman–Crippen LogP) is 2.15. The van der Waals surface area contributed by atoms with Gasteiger partial charge in [0.05, 0.1) is 0 Å². The number of carbonyl (C=O) groups is 1. The van der Waals surface area contributed by atoms with E-state index in [0.29, 0.717) is 0 Å². The maximum Gasteiger partial charge on any atom is 0.147 e. The van der Waals surface area contributed by atoms with Gasteiger partial charge in [-0.05, 0) is 25.8 Å². The van der Waals surface area contributed by atoms with Crippen LogP contribution < -0.4 is 0 Å². The highest BCUT2D eigenvalue weighted by Crippen LogP contribution is 2.32. The van der Waals surface area contributed by atoms with Crippen molar-refractivity contribution in [1.82, 2.24) is 0 Å². The molecule has 1 atom stereocenters. The molecule has 1 nitrogen and oxygen atoms in total. The number of thiol groups is 1. The Morgan fingerprint density at radius 2 is 2.36 bits per heavy atom. The third-order valence-corrected chi connectivity index (χ3v) is 2.43. The number of hydrogen-bond acceptors (Lipinski definition) is 2. The van der Waals surface area contributed by atoms with E-state index in [1.165, 1.54) is 0 Å². The summed E-state index contributed by atoms with van der Waals surface area (Å²) in [6.07, 6.45) is 5.77. The molecule has 2 heteroatoms. The second kappa shape index (κ2) is 2.86. The van der Waals surface area contributed by atoms with Crippen molar-refractivity contribution in [3.63, 3.8) is 0 Å². The largest absolute Gasteiger partial charge is 0.298 e. The Labute approximate surface area is 72.6 Å². The van der Waals surface area contributed by atoms with Crippen molar-refractivity contribution < 1.29 is 4.79 Å². The molecule has 1 unspecified atom stereocenters. The van der Waals surface area contributed by atoms with Crippen LogP contribution in [0.25, 0.3) is 0 Å². The molecular formula is C9H12OS. The topological polar surface area (TPSA) is 17.1 Å². The molecule has 0 radical (unpaired) electrons. The van der Waals surface area contributed by atoms with Gasteiger partial charge >= 0.3 is 0 Å². The molecule has 0 spiro atoms. The molecule has 11 heavy (non-hydrogen) atoms. The van der Waals surface area contributed by atoms with Gasteiger partial charge in [0.25, 0.3) is 0 Å². The van der Waals surface area contributed by atoms with E-state index in [1.807, 2.05) is 19.9 Å². The quantitative estimate of drug-likeness (QED) is 0.469. The van der Waals surface area contributed by atoms with Gasteiger partial charge in [-0.15, -0.1) is 0 Å². The van der Waals surface area contributed by atoms with Gasteiger partial charge < -0.3 is 0 Å². The zero-order chi connectivity index (χ0) is 8.48. The molecular weight excluding hydrogens is 156 g/mol. The van der Waals surface area contributed by atoms with Crippen molar-refractivity contribution in [3.05, 3.63) is 23.3 Å². The highest BCUT2D eigenvalue weighted by Gasteiger charge is 2.26. The van der Waals surface area contributed by atoms with Crippen LogP contribution >= 0.6 is 12.6 Å². The second-order valence-electron chi connectivity index (χ2n) is 3.09. The number of allylic oxidation sites excluding steroid dienone is 3. The van der Waals surface area contributed by atoms with Crippen LogP contribution in [0.2, 0.25) is 0 Å². The van der Waals surface area contributed by atoms with Gasteiger partial charge in [0.2, 0.25) is 0 Å². The molecule has 1 aliphatic rings. The molecule has 0 aromatic heterocycles. The Morgan fingerprint density at radius 1 is 1.73 bits per heavy atom. The highest BCUT2D eigenvalue weighted by atomic mass is 32.1. The number of hydrogen-bond donors (Lipinski definition) is 1. The zero-order valence-corrected chi connectivity index (χ0v) is 7.69. The van der Waals surface area contributed by atoms with Crippen LogP contribution in [-0.2, 0) is 4.79 Å². The molecule has 0 saturated heterocycles. The van der Waals surface area contributed by atoms with E-state index in [1.54, 1.807) is 0 Å². The Hall–Kier alpha value is -0.500. The van der Waals surface area contributed by atoms with Crippen LogP contribution in [0, 0.1) is 0 Å². The van der Waals surface area contributed by atoms with Gasteiger partial charge in [-0.1, -0.05) is 12.2 Å². The molecule has 0 aromatic carbocycles. The Balaban J connectivity index is 3.10. The highest BCUT2D eigenvalue weighted by molar-refractivity contribution is 7.82. The maximum absolute atomic E-state index is 10.6. The summed E-state index contributed by atoms with van der Waals surface area (Å²) in [5.74, 6) is 0. The molecule has 0 saturated carbocycles. The van der Waals surface area contributed by atoms with E-state index in [0.717, 1.165) is 23.9 Å². The minimum absolute atomic E-state index is 0.263. The van der Waals surface area contributed by atoms with E-state index >= 15 is 0 Å². The van der Waals surface area contributed by atoms with Crippen molar-refractivity contribution >= 4 is 18.9 Å². The summed E-state index contributed by atoms with van der Waals surface area (Å²) in [6.45, 7) is 3.90. The maximum atomic E-state index is 10.6. The molecule has 0 heterocycles. The SMILES string of the molecule is CC1=C(C=O)C(C)(S)CC=C1.